The molecule has 3 rings (SSSR count). The van der Waals surface area contributed by atoms with Crippen molar-refractivity contribution < 1.29 is 24.0 Å². The number of urea groups is 1. The Kier molecular flexibility index (Phi) is 6.66. The molecule has 0 aliphatic rings. The molecule has 0 saturated heterocycles. The summed E-state index contributed by atoms with van der Waals surface area (Å²) >= 11 is 0. The second-order valence-corrected chi connectivity index (χ2v) is 7.13. The third-order valence-electron chi connectivity index (χ3n) is 4.42. The molecule has 0 aliphatic carbocycles. The van der Waals surface area contributed by atoms with E-state index in [1.165, 1.54) is 6.07 Å². The summed E-state index contributed by atoms with van der Waals surface area (Å²) in [5, 5.41) is 20.9. The fourth-order valence-electron chi connectivity index (χ4n) is 2.78. The third kappa shape index (κ3) is 5.69. The molecule has 0 spiro atoms. The van der Waals surface area contributed by atoms with Gasteiger partial charge in [0.15, 0.2) is 0 Å². The van der Waals surface area contributed by atoms with E-state index in [0.29, 0.717) is 22.6 Å². The van der Waals surface area contributed by atoms with Crippen molar-refractivity contribution in [1.82, 2.24) is 10.5 Å². The molecule has 0 fully saturated rings. The molecule has 31 heavy (non-hydrogen) atoms. The van der Waals surface area contributed by atoms with Gasteiger partial charge in [0.05, 0.1) is 0 Å². The van der Waals surface area contributed by atoms with Crippen LogP contribution in [0.25, 0.3) is 11.3 Å². The van der Waals surface area contributed by atoms with Crippen LogP contribution in [0.2, 0.25) is 0 Å². The number of nitrogens with one attached hydrogen (secondary N) is 3. The summed E-state index contributed by atoms with van der Waals surface area (Å²) in [7, 11) is 0. The fraction of sp³-hybridized carbons (Fsp3) is 0.182. The van der Waals surface area contributed by atoms with Gasteiger partial charge in [-0.15, -0.1) is 0 Å². The van der Waals surface area contributed by atoms with Crippen molar-refractivity contribution in [3.8, 4) is 11.3 Å². The molecule has 3 amide bonds. The molecule has 4 N–H and O–H groups in total. The van der Waals surface area contributed by atoms with Crippen LogP contribution in [0.4, 0.5) is 16.2 Å². The first-order valence-electron chi connectivity index (χ1n) is 9.57. The van der Waals surface area contributed by atoms with E-state index in [1.54, 1.807) is 50.2 Å². The largest absolute Gasteiger partial charge is 0.480 e. The molecule has 0 saturated carbocycles. The Labute approximate surface area is 178 Å². The quantitative estimate of drug-likeness (QED) is 0.457. The first-order valence-corrected chi connectivity index (χ1v) is 9.57. The summed E-state index contributed by atoms with van der Waals surface area (Å²) < 4.78 is 5.07. The van der Waals surface area contributed by atoms with Crippen LogP contribution in [0.15, 0.2) is 65.2 Å². The number of rotatable bonds is 7. The Morgan fingerprint density at radius 2 is 1.55 bits per heavy atom. The highest BCUT2D eigenvalue weighted by molar-refractivity contribution is 6.00. The average Bonchev–Trinajstić information content (AvgIpc) is 3.23. The summed E-state index contributed by atoms with van der Waals surface area (Å²) in [6.45, 7) is 3.39. The number of hydrogen-bond donors (Lipinski definition) is 4. The predicted molar refractivity (Wildman–Crippen MR) is 115 cm³/mol. The predicted octanol–water partition coefficient (Wildman–Crippen LogP) is 3.82. The minimum absolute atomic E-state index is 0.0914. The Bertz CT molecular complexity index is 1060. The first kappa shape index (κ1) is 21.6. The molecule has 9 nitrogen and oxygen atoms in total. The van der Waals surface area contributed by atoms with E-state index in [0.717, 1.165) is 0 Å². The van der Waals surface area contributed by atoms with Crippen LogP contribution in [0.1, 0.15) is 24.4 Å². The van der Waals surface area contributed by atoms with Gasteiger partial charge >= 0.3 is 12.0 Å². The SMILES string of the molecule is CC(C)[C@H](NC(=O)c1cc(-c2ccc(NC(=O)Nc3ccccc3)cc2)no1)C(=O)O. The van der Waals surface area contributed by atoms with Crippen LogP contribution in [-0.4, -0.2) is 34.2 Å². The Hall–Kier alpha value is -4.14. The summed E-state index contributed by atoms with van der Waals surface area (Å²) in [5.74, 6) is -2.16. The molecule has 0 radical (unpaired) electrons. The van der Waals surface area contributed by atoms with E-state index in [9.17, 15) is 19.5 Å². The van der Waals surface area contributed by atoms with E-state index in [-0.39, 0.29) is 17.7 Å². The fourth-order valence-corrected chi connectivity index (χ4v) is 2.78. The minimum atomic E-state index is -1.12. The smallest absolute Gasteiger partial charge is 0.326 e. The number of carboxylic acids is 1. The van der Waals surface area contributed by atoms with Crippen molar-refractivity contribution in [2.24, 2.45) is 5.92 Å². The Balaban J connectivity index is 1.62. The molecule has 1 atom stereocenters. The molecule has 3 aromatic rings. The lowest BCUT2D eigenvalue weighted by Gasteiger charge is -2.16. The molecule has 0 bridgehead atoms. The van der Waals surface area contributed by atoms with Crippen molar-refractivity contribution in [2.45, 2.75) is 19.9 Å². The first-order chi connectivity index (χ1) is 14.8. The number of carbonyl (C=O) groups is 3. The number of para-hydroxylation sites is 1. The topological polar surface area (TPSA) is 134 Å². The van der Waals surface area contributed by atoms with Gasteiger partial charge in [0.1, 0.15) is 11.7 Å². The maximum Gasteiger partial charge on any atom is 0.326 e. The summed E-state index contributed by atoms with van der Waals surface area (Å²) in [6, 6.07) is 15.9. The number of anilines is 2. The van der Waals surface area contributed by atoms with Crippen LogP contribution in [0.5, 0.6) is 0 Å². The van der Waals surface area contributed by atoms with Gasteiger partial charge in [0, 0.05) is 23.0 Å². The number of carboxylic acid groups (broad SMARTS) is 1. The van der Waals surface area contributed by atoms with Crippen molar-refractivity contribution in [2.75, 3.05) is 10.6 Å². The van der Waals surface area contributed by atoms with Gasteiger partial charge in [-0.25, -0.2) is 9.59 Å². The maximum atomic E-state index is 12.3. The molecule has 0 unspecified atom stereocenters. The monoisotopic (exact) mass is 422 g/mol. The Morgan fingerprint density at radius 1 is 0.935 bits per heavy atom. The van der Waals surface area contributed by atoms with Crippen LogP contribution in [0.3, 0.4) is 0 Å². The van der Waals surface area contributed by atoms with E-state index in [2.05, 4.69) is 21.1 Å². The van der Waals surface area contributed by atoms with Crippen LogP contribution in [0, 0.1) is 5.92 Å². The lowest BCUT2D eigenvalue weighted by Crippen LogP contribution is -2.44. The number of benzene rings is 2. The number of aliphatic carboxylic acids is 1. The van der Waals surface area contributed by atoms with Crippen molar-refractivity contribution in [3.63, 3.8) is 0 Å². The van der Waals surface area contributed by atoms with Gasteiger partial charge in [0.25, 0.3) is 5.91 Å². The van der Waals surface area contributed by atoms with Crippen molar-refractivity contribution in [1.29, 1.82) is 0 Å². The second-order valence-electron chi connectivity index (χ2n) is 7.13. The zero-order chi connectivity index (χ0) is 22.4. The molecule has 2 aromatic carbocycles. The zero-order valence-corrected chi connectivity index (χ0v) is 17.0. The van der Waals surface area contributed by atoms with E-state index < -0.39 is 17.9 Å². The molecule has 1 aromatic heterocycles. The molecule has 160 valence electrons. The van der Waals surface area contributed by atoms with Gasteiger partial charge in [0.2, 0.25) is 5.76 Å². The summed E-state index contributed by atoms with van der Waals surface area (Å²) in [4.78, 5) is 35.6. The zero-order valence-electron chi connectivity index (χ0n) is 17.0. The maximum absolute atomic E-state index is 12.3. The lowest BCUT2D eigenvalue weighted by molar-refractivity contribution is -0.140. The van der Waals surface area contributed by atoms with Crippen molar-refractivity contribution >= 4 is 29.3 Å². The minimum Gasteiger partial charge on any atom is -0.480 e. The molecule has 0 aliphatic heterocycles. The van der Waals surface area contributed by atoms with E-state index in [1.807, 2.05) is 18.2 Å². The summed E-state index contributed by atoms with van der Waals surface area (Å²) in [5.41, 5.74) is 2.31. The highest BCUT2D eigenvalue weighted by Gasteiger charge is 2.25. The molecular formula is C22H22N4O5. The van der Waals surface area contributed by atoms with Crippen molar-refractivity contribution in [3.05, 3.63) is 66.4 Å². The van der Waals surface area contributed by atoms with Crippen LogP contribution in [-0.2, 0) is 4.79 Å². The van der Waals surface area contributed by atoms with Gasteiger partial charge in [-0.05, 0) is 30.2 Å². The lowest BCUT2D eigenvalue weighted by atomic mass is 10.0. The molecule has 9 heteroatoms. The van der Waals surface area contributed by atoms with Gasteiger partial charge in [-0.2, -0.15) is 0 Å². The van der Waals surface area contributed by atoms with Crippen LogP contribution >= 0.6 is 0 Å². The molecule has 1 heterocycles. The molecular weight excluding hydrogens is 400 g/mol. The number of aromatic nitrogens is 1. The highest BCUT2D eigenvalue weighted by Crippen LogP contribution is 2.22. The third-order valence-corrected chi connectivity index (χ3v) is 4.42. The number of amides is 3. The number of nitrogens with zero attached hydrogens (tertiary/aromatic N) is 1. The van der Waals surface area contributed by atoms with Gasteiger partial charge in [-0.1, -0.05) is 49.3 Å². The number of carbonyl (C=O) groups excluding carboxylic acids is 2. The van der Waals surface area contributed by atoms with Crippen LogP contribution < -0.4 is 16.0 Å². The van der Waals surface area contributed by atoms with E-state index in [4.69, 9.17) is 4.52 Å². The highest BCUT2D eigenvalue weighted by atomic mass is 16.5. The standard InChI is InChI=1S/C22H22N4O5/c1-13(2)19(21(28)29)25-20(27)18-12-17(26-31-18)14-8-10-16(11-9-14)24-22(30)23-15-6-4-3-5-7-15/h3-13,19H,1-2H3,(H,25,27)(H,28,29)(H2,23,24,30)/t19-/m0/s1. The van der Waals surface area contributed by atoms with Gasteiger partial charge < -0.3 is 25.6 Å². The number of hydrogen-bond acceptors (Lipinski definition) is 5. The normalized spacial score (nSPS) is 11.6. The van der Waals surface area contributed by atoms with Gasteiger partial charge in [-0.3, -0.25) is 4.79 Å². The average molecular weight is 422 g/mol. The van der Waals surface area contributed by atoms with E-state index >= 15 is 0 Å². The Morgan fingerprint density at radius 3 is 2.13 bits per heavy atom. The summed E-state index contributed by atoms with van der Waals surface area (Å²) in [6.07, 6.45) is 0. The second kappa shape index (κ2) is 9.57.